The molecule has 2 atom stereocenters. The number of hydroxylamine groups is 1. The van der Waals surface area contributed by atoms with Crippen molar-refractivity contribution in [3.8, 4) is 0 Å². The maximum absolute atomic E-state index is 12.6. The smallest absolute Gasteiger partial charge is 0.324 e. The highest BCUT2D eigenvalue weighted by atomic mass is 32.2. The molecule has 8 heteroatoms. The fraction of sp³-hybridized carbons (Fsp3) is 0.462. The normalized spacial score (nSPS) is 23.2. The topological polar surface area (TPSA) is 95.9 Å². The number of benzene rings is 1. The van der Waals surface area contributed by atoms with Crippen molar-refractivity contribution < 1.29 is 23.2 Å². The Balaban J connectivity index is 2.36. The van der Waals surface area contributed by atoms with Gasteiger partial charge in [-0.1, -0.05) is 17.7 Å². The highest BCUT2D eigenvalue weighted by Gasteiger charge is 2.44. The van der Waals surface area contributed by atoms with Crippen LogP contribution in [0, 0.1) is 6.92 Å². The second kappa shape index (κ2) is 6.10. The third-order valence-corrected chi connectivity index (χ3v) is 5.43. The van der Waals surface area contributed by atoms with Gasteiger partial charge in [-0.3, -0.25) is 4.79 Å². The average molecular weight is 314 g/mol. The van der Waals surface area contributed by atoms with Crippen molar-refractivity contribution in [3.63, 3.8) is 0 Å². The summed E-state index contributed by atoms with van der Waals surface area (Å²) in [5.74, 6) is -0.636. The lowest BCUT2D eigenvalue weighted by molar-refractivity contribution is -0.144. The molecule has 7 nitrogen and oxygen atoms in total. The van der Waals surface area contributed by atoms with Gasteiger partial charge in [0, 0.05) is 12.6 Å². The van der Waals surface area contributed by atoms with Crippen LogP contribution in [0.4, 0.5) is 0 Å². The van der Waals surface area contributed by atoms with E-state index in [-0.39, 0.29) is 17.9 Å². The van der Waals surface area contributed by atoms with Crippen LogP contribution >= 0.6 is 0 Å². The van der Waals surface area contributed by atoms with E-state index in [1.807, 2.05) is 12.4 Å². The monoisotopic (exact) mass is 314 g/mol. The molecule has 21 heavy (non-hydrogen) atoms. The van der Waals surface area contributed by atoms with E-state index in [9.17, 15) is 13.2 Å². The Bertz CT molecular complexity index is 614. The van der Waals surface area contributed by atoms with Gasteiger partial charge in [-0.2, -0.15) is 4.31 Å². The summed E-state index contributed by atoms with van der Waals surface area (Å²) in [6.07, 6.45) is 0.161. The maximum atomic E-state index is 12.6. The Hall–Kier alpha value is -1.48. The number of methoxy groups -OCH3 is 1. The highest BCUT2D eigenvalue weighted by Crippen LogP contribution is 2.27. The summed E-state index contributed by atoms with van der Waals surface area (Å²) in [6, 6.07) is 4.94. The number of esters is 1. The van der Waals surface area contributed by atoms with E-state index < -0.39 is 28.1 Å². The van der Waals surface area contributed by atoms with Gasteiger partial charge >= 0.3 is 5.97 Å². The molecular formula is C13H18N2O5S. The molecular weight excluding hydrogens is 296 g/mol. The summed E-state index contributed by atoms with van der Waals surface area (Å²) < 4.78 is 31.0. The van der Waals surface area contributed by atoms with Gasteiger partial charge in [0.2, 0.25) is 10.0 Å². The number of carbonyl (C=O) groups is 1. The maximum Gasteiger partial charge on any atom is 0.324 e. The molecule has 0 unspecified atom stereocenters. The molecule has 1 aliphatic heterocycles. The van der Waals surface area contributed by atoms with Crippen molar-refractivity contribution in [1.29, 1.82) is 0 Å². The van der Waals surface area contributed by atoms with Gasteiger partial charge in [0.05, 0.1) is 12.0 Å². The Labute approximate surface area is 123 Å². The Morgan fingerprint density at radius 2 is 2.00 bits per heavy atom. The molecule has 0 saturated carbocycles. The van der Waals surface area contributed by atoms with Crippen molar-refractivity contribution >= 4 is 16.0 Å². The number of rotatable bonds is 4. The van der Waals surface area contributed by atoms with Crippen LogP contribution in [-0.2, 0) is 19.6 Å². The zero-order chi connectivity index (χ0) is 15.6. The molecule has 2 N–H and O–H groups in total. The largest absolute Gasteiger partial charge is 0.468 e. The quantitative estimate of drug-likeness (QED) is 0.612. The molecule has 1 saturated heterocycles. The second-order valence-electron chi connectivity index (χ2n) is 4.99. The summed E-state index contributed by atoms with van der Waals surface area (Å²) >= 11 is 0. The van der Waals surface area contributed by atoms with Crippen LogP contribution in [0.2, 0.25) is 0 Å². The fourth-order valence-corrected chi connectivity index (χ4v) is 3.99. The minimum atomic E-state index is -3.82. The zero-order valence-electron chi connectivity index (χ0n) is 11.8. The van der Waals surface area contributed by atoms with E-state index in [0.717, 1.165) is 9.87 Å². The van der Waals surface area contributed by atoms with Gasteiger partial charge in [0.25, 0.3) is 0 Å². The van der Waals surface area contributed by atoms with Crippen molar-refractivity contribution in [2.24, 2.45) is 0 Å². The third-order valence-electron chi connectivity index (χ3n) is 3.54. The van der Waals surface area contributed by atoms with Crippen LogP contribution in [0.1, 0.15) is 12.0 Å². The first kappa shape index (κ1) is 15.9. The molecule has 2 rings (SSSR count). The molecule has 0 spiro atoms. The van der Waals surface area contributed by atoms with E-state index in [4.69, 9.17) is 5.21 Å². The van der Waals surface area contributed by atoms with E-state index >= 15 is 0 Å². The fourth-order valence-electron chi connectivity index (χ4n) is 2.36. The average Bonchev–Trinajstić information content (AvgIpc) is 2.92. The number of hydrogen-bond acceptors (Lipinski definition) is 6. The SMILES string of the molecule is COC(=O)[C@@H]1C[C@H](NO)CN1S(=O)(=O)c1ccc(C)cc1. The van der Waals surface area contributed by atoms with Crippen LogP contribution < -0.4 is 5.48 Å². The minimum absolute atomic E-state index is 0.00643. The zero-order valence-corrected chi connectivity index (χ0v) is 12.6. The molecule has 0 radical (unpaired) electrons. The van der Waals surface area contributed by atoms with Crippen molar-refractivity contribution in [2.45, 2.75) is 30.3 Å². The number of sulfonamides is 1. The number of ether oxygens (including phenoxy) is 1. The summed E-state index contributed by atoms with van der Waals surface area (Å²) in [4.78, 5) is 11.9. The molecule has 1 aromatic carbocycles. The Kier molecular flexibility index (Phi) is 4.62. The van der Waals surface area contributed by atoms with Crippen molar-refractivity contribution in [3.05, 3.63) is 29.8 Å². The van der Waals surface area contributed by atoms with Crippen LogP contribution in [0.25, 0.3) is 0 Å². The van der Waals surface area contributed by atoms with E-state index in [2.05, 4.69) is 4.74 Å². The minimum Gasteiger partial charge on any atom is -0.468 e. The van der Waals surface area contributed by atoms with Crippen molar-refractivity contribution in [1.82, 2.24) is 9.79 Å². The second-order valence-corrected chi connectivity index (χ2v) is 6.88. The van der Waals surface area contributed by atoms with Crippen LogP contribution in [0.3, 0.4) is 0 Å². The first-order valence-corrected chi connectivity index (χ1v) is 7.90. The van der Waals surface area contributed by atoms with E-state index in [0.29, 0.717) is 0 Å². The van der Waals surface area contributed by atoms with Gasteiger partial charge in [0.15, 0.2) is 0 Å². The number of carbonyl (C=O) groups excluding carboxylic acids is 1. The molecule has 0 bridgehead atoms. The van der Waals surface area contributed by atoms with E-state index in [1.54, 1.807) is 12.1 Å². The standard InChI is InChI=1S/C13H18N2O5S/c1-9-3-5-11(6-4-9)21(18,19)15-8-10(14-17)7-12(15)13(16)20-2/h3-6,10,12,14,17H,7-8H2,1-2H3/t10-,12-/m0/s1. The van der Waals surface area contributed by atoms with Gasteiger partial charge < -0.3 is 9.94 Å². The predicted octanol–water partition coefficient (Wildman–Crippen LogP) is 0.278. The Morgan fingerprint density at radius 1 is 1.38 bits per heavy atom. The molecule has 0 amide bonds. The first-order chi connectivity index (χ1) is 9.90. The highest BCUT2D eigenvalue weighted by molar-refractivity contribution is 7.89. The molecule has 1 aromatic rings. The van der Waals surface area contributed by atoms with Crippen LogP contribution in [0.15, 0.2) is 29.2 Å². The van der Waals surface area contributed by atoms with Crippen LogP contribution in [0.5, 0.6) is 0 Å². The van der Waals surface area contributed by atoms with Crippen LogP contribution in [-0.4, -0.2) is 49.6 Å². The summed E-state index contributed by atoms with van der Waals surface area (Å²) in [5.41, 5.74) is 2.96. The molecule has 0 aliphatic carbocycles. The summed E-state index contributed by atoms with van der Waals surface area (Å²) in [6.45, 7) is 1.86. The lowest BCUT2D eigenvalue weighted by Gasteiger charge is -2.22. The molecule has 1 heterocycles. The van der Waals surface area contributed by atoms with Gasteiger partial charge in [-0.25, -0.2) is 13.9 Å². The van der Waals surface area contributed by atoms with Gasteiger partial charge in [-0.05, 0) is 25.5 Å². The molecule has 1 fully saturated rings. The Morgan fingerprint density at radius 3 is 2.52 bits per heavy atom. The number of aryl methyl sites for hydroxylation is 1. The molecule has 0 aromatic heterocycles. The number of hydrogen-bond donors (Lipinski definition) is 2. The first-order valence-electron chi connectivity index (χ1n) is 6.46. The third kappa shape index (κ3) is 3.08. The molecule has 116 valence electrons. The molecule has 1 aliphatic rings. The number of nitrogens with zero attached hydrogens (tertiary/aromatic N) is 1. The van der Waals surface area contributed by atoms with E-state index in [1.165, 1.54) is 19.2 Å². The summed E-state index contributed by atoms with van der Waals surface area (Å²) in [5, 5.41) is 9.01. The summed E-state index contributed by atoms with van der Waals surface area (Å²) in [7, 11) is -2.61. The predicted molar refractivity (Wildman–Crippen MR) is 74.2 cm³/mol. The lowest BCUT2D eigenvalue weighted by atomic mass is 10.2. The van der Waals surface area contributed by atoms with Gasteiger partial charge in [-0.15, -0.1) is 0 Å². The lowest BCUT2D eigenvalue weighted by Crippen LogP contribution is -2.41. The van der Waals surface area contributed by atoms with Crippen molar-refractivity contribution in [2.75, 3.05) is 13.7 Å². The van der Waals surface area contributed by atoms with Gasteiger partial charge in [0.1, 0.15) is 6.04 Å². The number of nitrogens with one attached hydrogen (secondary N) is 1.